The molecule has 0 spiro atoms. The molecule has 0 aliphatic rings. The lowest BCUT2D eigenvalue weighted by atomic mass is 10.2. The highest BCUT2D eigenvalue weighted by Gasteiger charge is 2.19. The van der Waals surface area contributed by atoms with Crippen molar-refractivity contribution in [3.05, 3.63) is 52.8 Å². The van der Waals surface area contributed by atoms with E-state index in [1.807, 2.05) is 6.92 Å². The van der Waals surface area contributed by atoms with Gasteiger partial charge in [-0.05, 0) is 43.3 Å². The van der Waals surface area contributed by atoms with Gasteiger partial charge in [0.25, 0.3) is 5.91 Å². The van der Waals surface area contributed by atoms with Crippen molar-refractivity contribution in [2.45, 2.75) is 18.7 Å². The van der Waals surface area contributed by atoms with E-state index in [1.54, 1.807) is 25.1 Å². The molecule has 0 atom stereocenters. The summed E-state index contributed by atoms with van der Waals surface area (Å²) in [6.07, 6.45) is 0. The average molecular weight is 393 g/mol. The minimum absolute atomic E-state index is 0.167. The fourth-order valence-corrected chi connectivity index (χ4v) is 4.37. The largest absolute Gasteiger partial charge is 0.322 e. The Labute approximate surface area is 154 Å². The third-order valence-corrected chi connectivity index (χ3v) is 6.06. The molecule has 0 saturated heterocycles. The maximum Gasteiger partial charge on any atom is 0.258 e. The lowest BCUT2D eigenvalue weighted by molar-refractivity contribution is 0.102. The third-order valence-electron chi connectivity index (χ3n) is 3.58. The molecule has 2 N–H and O–H groups in total. The molecule has 1 aromatic heterocycles. The monoisotopic (exact) mass is 393 g/mol. The number of hydrogen-bond donors (Lipinski definition) is 2. The zero-order valence-corrected chi connectivity index (χ0v) is 15.7. The molecular formula is C17H16FN3O3S2. The van der Waals surface area contributed by atoms with Crippen LogP contribution in [-0.2, 0) is 10.0 Å². The second kappa shape index (κ2) is 7.10. The molecule has 1 heterocycles. The van der Waals surface area contributed by atoms with E-state index in [0.717, 1.165) is 33.4 Å². The van der Waals surface area contributed by atoms with Crippen molar-refractivity contribution in [2.75, 3.05) is 11.9 Å². The summed E-state index contributed by atoms with van der Waals surface area (Å²) in [7, 11) is -3.79. The van der Waals surface area contributed by atoms with E-state index in [0.29, 0.717) is 5.69 Å². The Kier molecular flexibility index (Phi) is 5.03. The molecule has 26 heavy (non-hydrogen) atoms. The van der Waals surface area contributed by atoms with E-state index in [-0.39, 0.29) is 17.0 Å². The number of hydrogen-bond acceptors (Lipinski definition) is 5. The van der Waals surface area contributed by atoms with Crippen molar-refractivity contribution in [1.29, 1.82) is 0 Å². The van der Waals surface area contributed by atoms with Crippen LogP contribution in [0.3, 0.4) is 0 Å². The summed E-state index contributed by atoms with van der Waals surface area (Å²) in [5, 5.41) is 3.49. The molecule has 0 saturated carbocycles. The zero-order valence-electron chi connectivity index (χ0n) is 14.0. The van der Waals surface area contributed by atoms with E-state index < -0.39 is 21.7 Å². The fourth-order valence-electron chi connectivity index (χ4n) is 2.43. The molecule has 2 aromatic carbocycles. The topological polar surface area (TPSA) is 88.2 Å². The highest BCUT2D eigenvalue weighted by atomic mass is 32.2. The Hall–Kier alpha value is -2.36. The van der Waals surface area contributed by atoms with E-state index in [4.69, 9.17) is 0 Å². The van der Waals surface area contributed by atoms with Gasteiger partial charge in [-0.15, -0.1) is 11.3 Å². The number of thiazole rings is 1. The number of anilines is 1. The van der Waals surface area contributed by atoms with Crippen LogP contribution in [0.1, 0.15) is 22.3 Å². The second-order valence-corrected chi connectivity index (χ2v) is 8.51. The van der Waals surface area contributed by atoms with Crippen molar-refractivity contribution in [3.63, 3.8) is 0 Å². The molecule has 0 fully saturated rings. The molecule has 0 bridgehead atoms. The summed E-state index contributed by atoms with van der Waals surface area (Å²) >= 11 is 1.48. The summed E-state index contributed by atoms with van der Waals surface area (Å²) in [4.78, 5) is 16.6. The van der Waals surface area contributed by atoms with Crippen molar-refractivity contribution in [2.24, 2.45) is 0 Å². The van der Waals surface area contributed by atoms with E-state index >= 15 is 0 Å². The van der Waals surface area contributed by atoms with Gasteiger partial charge in [-0.2, -0.15) is 0 Å². The first-order valence-corrected chi connectivity index (χ1v) is 10.1. The van der Waals surface area contributed by atoms with Crippen molar-refractivity contribution in [3.8, 4) is 0 Å². The second-order valence-electron chi connectivity index (χ2n) is 5.51. The number of aromatic nitrogens is 1. The Morgan fingerprint density at radius 3 is 2.73 bits per heavy atom. The van der Waals surface area contributed by atoms with Crippen LogP contribution in [0.2, 0.25) is 0 Å². The van der Waals surface area contributed by atoms with Crippen LogP contribution in [0.15, 0.2) is 41.3 Å². The Morgan fingerprint density at radius 1 is 1.23 bits per heavy atom. The van der Waals surface area contributed by atoms with Crippen LogP contribution >= 0.6 is 11.3 Å². The van der Waals surface area contributed by atoms with Gasteiger partial charge in [-0.1, -0.05) is 6.92 Å². The number of benzene rings is 2. The van der Waals surface area contributed by atoms with E-state index in [2.05, 4.69) is 15.0 Å². The first kappa shape index (κ1) is 18.4. The summed E-state index contributed by atoms with van der Waals surface area (Å²) in [6, 6.07) is 8.28. The van der Waals surface area contributed by atoms with Gasteiger partial charge in [0.2, 0.25) is 10.0 Å². The van der Waals surface area contributed by atoms with Gasteiger partial charge in [0.05, 0.1) is 25.7 Å². The number of halogens is 1. The van der Waals surface area contributed by atoms with Gasteiger partial charge in [0, 0.05) is 12.2 Å². The van der Waals surface area contributed by atoms with Gasteiger partial charge in [0.1, 0.15) is 5.82 Å². The summed E-state index contributed by atoms with van der Waals surface area (Å²) in [6.45, 7) is 3.70. The van der Waals surface area contributed by atoms with E-state index in [9.17, 15) is 17.6 Å². The molecule has 9 heteroatoms. The summed E-state index contributed by atoms with van der Waals surface area (Å²) < 4.78 is 41.4. The van der Waals surface area contributed by atoms with Crippen LogP contribution in [0.25, 0.3) is 10.2 Å². The molecule has 0 radical (unpaired) electrons. The first-order valence-electron chi connectivity index (χ1n) is 7.78. The Bertz CT molecular complexity index is 1090. The lowest BCUT2D eigenvalue weighted by Gasteiger charge is -2.09. The van der Waals surface area contributed by atoms with Gasteiger partial charge in [0.15, 0.2) is 0 Å². The number of aryl methyl sites for hydroxylation is 1. The molecule has 136 valence electrons. The number of carbonyl (C=O) groups is 1. The molecule has 6 nitrogen and oxygen atoms in total. The normalized spacial score (nSPS) is 11.7. The molecular weight excluding hydrogens is 377 g/mol. The van der Waals surface area contributed by atoms with Gasteiger partial charge in [-0.25, -0.2) is 22.5 Å². The minimum atomic E-state index is -3.79. The number of rotatable bonds is 5. The van der Waals surface area contributed by atoms with E-state index in [1.165, 1.54) is 11.3 Å². The van der Waals surface area contributed by atoms with Crippen LogP contribution in [0.4, 0.5) is 10.1 Å². The third kappa shape index (κ3) is 3.74. The first-order chi connectivity index (χ1) is 12.3. The molecule has 0 aliphatic carbocycles. The number of nitrogens with zero attached hydrogens (tertiary/aromatic N) is 1. The average Bonchev–Trinajstić information content (AvgIpc) is 2.94. The minimum Gasteiger partial charge on any atom is -0.322 e. The van der Waals surface area contributed by atoms with Crippen molar-refractivity contribution in [1.82, 2.24) is 9.71 Å². The number of nitrogens with one attached hydrogen (secondary N) is 2. The molecule has 0 unspecified atom stereocenters. The van der Waals surface area contributed by atoms with Crippen LogP contribution in [0, 0.1) is 12.7 Å². The van der Waals surface area contributed by atoms with Gasteiger partial charge >= 0.3 is 0 Å². The molecule has 3 rings (SSSR count). The number of amides is 1. The molecule has 0 aliphatic heterocycles. The zero-order chi connectivity index (χ0) is 18.9. The lowest BCUT2D eigenvalue weighted by Crippen LogP contribution is -2.24. The number of sulfonamides is 1. The predicted molar refractivity (Wildman–Crippen MR) is 99.6 cm³/mol. The number of carbonyl (C=O) groups excluding carboxylic acids is 1. The highest BCUT2D eigenvalue weighted by Crippen LogP contribution is 2.25. The summed E-state index contributed by atoms with van der Waals surface area (Å²) in [5.41, 5.74) is 0.950. The van der Waals surface area contributed by atoms with Crippen LogP contribution in [0.5, 0.6) is 0 Å². The van der Waals surface area contributed by atoms with Crippen LogP contribution in [-0.4, -0.2) is 25.9 Å². The Morgan fingerprint density at radius 2 is 2.00 bits per heavy atom. The Balaban J connectivity index is 1.91. The van der Waals surface area contributed by atoms with Gasteiger partial charge < -0.3 is 5.32 Å². The smallest absolute Gasteiger partial charge is 0.258 e. The van der Waals surface area contributed by atoms with Crippen molar-refractivity contribution >= 4 is 43.2 Å². The van der Waals surface area contributed by atoms with Crippen molar-refractivity contribution < 1.29 is 17.6 Å². The quantitative estimate of drug-likeness (QED) is 0.696. The van der Waals surface area contributed by atoms with Gasteiger partial charge in [-0.3, -0.25) is 4.79 Å². The highest BCUT2D eigenvalue weighted by molar-refractivity contribution is 7.89. The molecule has 1 amide bonds. The predicted octanol–water partition coefficient (Wildman–Crippen LogP) is 3.29. The van der Waals surface area contributed by atoms with Crippen LogP contribution < -0.4 is 10.0 Å². The number of fused-ring (bicyclic) bond motifs is 1. The maximum atomic E-state index is 14.1. The molecule has 3 aromatic rings. The fraction of sp³-hybridized carbons (Fsp3) is 0.176. The maximum absolute atomic E-state index is 14.1. The standard InChI is InChI=1S/C17H16FN3O3S2/c1-3-19-26(23,24)12-5-6-14(18)13(9-12)17(22)21-11-4-7-15-16(8-11)25-10(2)20-15/h4-9,19H,3H2,1-2H3,(H,21,22). The summed E-state index contributed by atoms with van der Waals surface area (Å²) in [5.74, 6) is -1.52. The SMILES string of the molecule is CCNS(=O)(=O)c1ccc(F)c(C(=O)Nc2ccc3nc(C)sc3c2)c1.